The number of benzene rings is 1. The molecule has 0 aromatic heterocycles. The van der Waals surface area contributed by atoms with Crippen LogP contribution in [0.25, 0.3) is 0 Å². The normalized spacial score (nSPS) is 24.2. The zero-order chi connectivity index (χ0) is 16.8. The van der Waals surface area contributed by atoms with Gasteiger partial charge in [0.15, 0.2) is 0 Å². The smallest absolute Gasteiger partial charge is 0.240 e. The molecule has 0 radical (unpaired) electrons. The molecule has 5 nitrogen and oxygen atoms in total. The van der Waals surface area contributed by atoms with Crippen LogP contribution in [0.4, 0.5) is 0 Å². The molecule has 2 fully saturated rings. The Hall–Kier alpha value is -0.850. The average molecular weight is 404 g/mol. The summed E-state index contributed by atoms with van der Waals surface area (Å²) in [5.74, 6) is 0.0879. The Bertz CT molecular complexity index is 525. The average Bonchev–Trinajstić information content (AvgIpc) is 2.62. The largest absolute Gasteiger partial charge is 0.375 e. The summed E-state index contributed by atoms with van der Waals surface area (Å²) in [5, 5.41) is 6.46. The van der Waals surface area contributed by atoms with Crippen LogP contribution in [-0.2, 0) is 16.0 Å². The molecule has 7 heteroatoms. The van der Waals surface area contributed by atoms with E-state index < -0.39 is 0 Å². The maximum absolute atomic E-state index is 12.4. The van der Waals surface area contributed by atoms with Gasteiger partial charge < -0.3 is 20.3 Å². The highest BCUT2D eigenvalue weighted by Gasteiger charge is 2.30. The number of nitrogens with one attached hydrogen (secondary N) is 2. The summed E-state index contributed by atoms with van der Waals surface area (Å²) in [6.45, 7) is 6.61. The number of carbonyl (C=O) groups excluding carboxylic acids is 1. The Morgan fingerprint density at radius 1 is 1.23 bits per heavy atom. The fourth-order valence-corrected chi connectivity index (χ4v) is 3.55. The summed E-state index contributed by atoms with van der Waals surface area (Å²) in [6, 6.07) is 10.7. The molecule has 1 aromatic rings. The van der Waals surface area contributed by atoms with Crippen LogP contribution in [0.3, 0.4) is 0 Å². The van der Waals surface area contributed by atoms with Gasteiger partial charge in [-0.15, -0.1) is 24.8 Å². The molecule has 2 N–H and O–H groups in total. The predicted molar refractivity (Wildman–Crippen MR) is 109 cm³/mol. The standard InChI is InChI=1S/C19H29N3O2.2ClH/c1-15-18(20-10-14-24-15)19(23)21-17-8-12-22(13-9-17)11-7-16-5-3-2-4-6-16;;/h2-6,15,17-18,20H,7-14H2,1H3,(H,21,23);2*1H/t15-,18+;;/m1../s1. The summed E-state index contributed by atoms with van der Waals surface area (Å²) in [4.78, 5) is 14.9. The molecule has 2 atom stereocenters. The molecule has 3 rings (SSSR count). The number of piperidine rings is 1. The van der Waals surface area contributed by atoms with E-state index >= 15 is 0 Å². The molecule has 0 saturated carbocycles. The van der Waals surface area contributed by atoms with Gasteiger partial charge in [-0.3, -0.25) is 4.79 Å². The summed E-state index contributed by atoms with van der Waals surface area (Å²) in [6.07, 6.45) is 3.11. The molecule has 0 spiro atoms. The van der Waals surface area contributed by atoms with Crippen molar-refractivity contribution in [2.24, 2.45) is 0 Å². The van der Waals surface area contributed by atoms with Crippen molar-refractivity contribution in [1.29, 1.82) is 0 Å². The Morgan fingerprint density at radius 3 is 2.58 bits per heavy atom. The first-order valence-corrected chi connectivity index (χ1v) is 9.14. The number of hydrogen-bond acceptors (Lipinski definition) is 4. The van der Waals surface area contributed by atoms with Crippen LogP contribution < -0.4 is 10.6 Å². The van der Waals surface area contributed by atoms with E-state index in [0.717, 1.165) is 45.4 Å². The van der Waals surface area contributed by atoms with E-state index in [1.165, 1.54) is 5.56 Å². The molecule has 2 saturated heterocycles. The SMILES string of the molecule is C[C@H]1OCCN[C@@H]1C(=O)NC1CCN(CCc2ccccc2)CC1.Cl.Cl. The second-order valence-electron chi connectivity index (χ2n) is 6.87. The first-order valence-electron chi connectivity index (χ1n) is 9.14. The van der Waals surface area contributed by atoms with Crippen molar-refractivity contribution >= 4 is 30.7 Å². The third-order valence-electron chi connectivity index (χ3n) is 5.09. The molecule has 0 bridgehead atoms. The first-order chi connectivity index (χ1) is 11.7. The van der Waals surface area contributed by atoms with Gasteiger partial charge in [-0.05, 0) is 31.7 Å². The lowest BCUT2D eigenvalue weighted by Gasteiger charge is -2.35. The summed E-state index contributed by atoms with van der Waals surface area (Å²) in [5.41, 5.74) is 1.39. The van der Waals surface area contributed by atoms with E-state index in [1.54, 1.807) is 0 Å². The van der Waals surface area contributed by atoms with Crippen molar-refractivity contribution < 1.29 is 9.53 Å². The Labute approximate surface area is 169 Å². The molecule has 2 heterocycles. The predicted octanol–water partition coefficient (Wildman–Crippen LogP) is 2.03. The van der Waals surface area contributed by atoms with E-state index in [-0.39, 0.29) is 42.9 Å². The maximum Gasteiger partial charge on any atom is 0.240 e. The Morgan fingerprint density at radius 2 is 1.92 bits per heavy atom. The highest BCUT2D eigenvalue weighted by molar-refractivity contribution is 5.85. The molecule has 26 heavy (non-hydrogen) atoms. The lowest BCUT2D eigenvalue weighted by molar-refractivity contribution is -0.130. The molecule has 0 unspecified atom stereocenters. The Kier molecular flexibility index (Phi) is 10.5. The second-order valence-corrected chi connectivity index (χ2v) is 6.87. The van der Waals surface area contributed by atoms with E-state index in [1.807, 2.05) is 6.92 Å². The minimum atomic E-state index is -0.213. The number of rotatable bonds is 5. The highest BCUT2D eigenvalue weighted by Crippen LogP contribution is 2.13. The van der Waals surface area contributed by atoms with Gasteiger partial charge in [-0.2, -0.15) is 0 Å². The van der Waals surface area contributed by atoms with Crippen LogP contribution in [0.1, 0.15) is 25.3 Å². The molecule has 2 aliphatic heterocycles. The van der Waals surface area contributed by atoms with Gasteiger partial charge in [0.2, 0.25) is 5.91 Å². The summed E-state index contributed by atoms with van der Waals surface area (Å²) in [7, 11) is 0. The fourth-order valence-electron chi connectivity index (χ4n) is 3.55. The zero-order valence-corrected chi connectivity index (χ0v) is 17.0. The monoisotopic (exact) mass is 403 g/mol. The van der Waals surface area contributed by atoms with Crippen LogP contribution in [0, 0.1) is 0 Å². The lowest BCUT2D eigenvalue weighted by atomic mass is 10.0. The van der Waals surface area contributed by atoms with Crippen molar-refractivity contribution in [3.8, 4) is 0 Å². The number of ether oxygens (including phenoxy) is 1. The molecular formula is C19H31Cl2N3O2. The number of morpholine rings is 1. The summed E-state index contributed by atoms with van der Waals surface area (Å²) >= 11 is 0. The van der Waals surface area contributed by atoms with Crippen molar-refractivity contribution in [2.75, 3.05) is 32.8 Å². The van der Waals surface area contributed by atoms with Gasteiger partial charge >= 0.3 is 0 Å². The minimum Gasteiger partial charge on any atom is -0.375 e. The van der Waals surface area contributed by atoms with Gasteiger partial charge in [0.05, 0.1) is 12.7 Å². The number of amides is 1. The van der Waals surface area contributed by atoms with Crippen molar-refractivity contribution in [1.82, 2.24) is 15.5 Å². The van der Waals surface area contributed by atoms with Gasteiger partial charge in [0.25, 0.3) is 0 Å². The van der Waals surface area contributed by atoms with E-state index in [9.17, 15) is 4.79 Å². The number of likely N-dealkylation sites (tertiary alicyclic amines) is 1. The van der Waals surface area contributed by atoms with Crippen molar-refractivity contribution in [3.05, 3.63) is 35.9 Å². The van der Waals surface area contributed by atoms with E-state index in [0.29, 0.717) is 12.6 Å². The van der Waals surface area contributed by atoms with Crippen LogP contribution in [0.5, 0.6) is 0 Å². The number of carbonyl (C=O) groups is 1. The Balaban J connectivity index is 0.00000169. The molecule has 2 aliphatic rings. The summed E-state index contributed by atoms with van der Waals surface area (Å²) < 4.78 is 5.56. The fraction of sp³-hybridized carbons (Fsp3) is 0.632. The van der Waals surface area contributed by atoms with Gasteiger partial charge in [-0.25, -0.2) is 0 Å². The van der Waals surface area contributed by atoms with E-state index in [4.69, 9.17) is 4.74 Å². The van der Waals surface area contributed by atoms with Crippen LogP contribution in [0.15, 0.2) is 30.3 Å². The molecular weight excluding hydrogens is 373 g/mol. The number of halogens is 2. The third-order valence-corrected chi connectivity index (χ3v) is 5.09. The van der Waals surface area contributed by atoms with Crippen molar-refractivity contribution in [2.45, 2.75) is 44.4 Å². The van der Waals surface area contributed by atoms with Crippen LogP contribution >= 0.6 is 24.8 Å². The van der Waals surface area contributed by atoms with E-state index in [2.05, 4.69) is 45.9 Å². The maximum atomic E-state index is 12.4. The minimum absolute atomic E-state index is 0. The van der Waals surface area contributed by atoms with Crippen LogP contribution in [0.2, 0.25) is 0 Å². The topological polar surface area (TPSA) is 53.6 Å². The van der Waals surface area contributed by atoms with Gasteiger partial charge in [0.1, 0.15) is 6.04 Å². The molecule has 1 aromatic carbocycles. The number of nitrogens with zero attached hydrogens (tertiary/aromatic N) is 1. The third kappa shape index (κ3) is 6.71. The lowest BCUT2D eigenvalue weighted by Crippen LogP contribution is -2.58. The quantitative estimate of drug-likeness (QED) is 0.789. The zero-order valence-electron chi connectivity index (χ0n) is 15.4. The van der Waals surface area contributed by atoms with Crippen molar-refractivity contribution in [3.63, 3.8) is 0 Å². The second kappa shape index (κ2) is 11.8. The molecule has 1 amide bonds. The molecule has 0 aliphatic carbocycles. The van der Waals surface area contributed by atoms with Gasteiger partial charge in [-0.1, -0.05) is 30.3 Å². The highest BCUT2D eigenvalue weighted by atomic mass is 35.5. The first kappa shape index (κ1) is 23.2. The molecule has 148 valence electrons. The van der Waals surface area contributed by atoms with Crippen LogP contribution in [-0.4, -0.2) is 61.8 Å². The van der Waals surface area contributed by atoms with Gasteiger partial charge in [0, 0.05) is 32.2 Å². The number of hydrogen-bond donors (Lipinski definition) is 2.